The number of furan rings is 2. The van der Waals surface area contributed by atoms with E-state index in [4.69, 9.17) is 8.83 Å². The third-order valence-electron chi connectivity index (χ3n) is 2.57. The van der Waals surface area contributed by atoms with Crippen molar-refractivity contribution in [3.8, 4) is 0 Å². The molecule has 2 aromatic heterocycles. The molecule has 1 amide bonds. The maximum Gasteiger partial charge on any atom is 0.258 e. The molecule has 2 rings (SSSR count). The minimum absolute atomic E-state index is 0.0915. The van der Waals surface area contributed by atoms with E-state index in [9.17, 15) is 4.79 Å². The van der Waals surface area contributed by atoms with Gasteiger partial charge in [-0.15, -0.1) is 0 Å². The normalized spacial score (nSPS) is 10.5. The molecule has 0 N–H and O–H groups in total. The molecule has 0 aromatic carbocycles. The van der Waals surface area contributed by atoms with Gasteiger partial charge in [0.15, 0.2) is 4.67 Å². The van der Waals surface area contributed by atoms with Crippen LogP contribution >= 0.6 is 15.9 Å². The van der Waals surface area contributed by atoms with Crippen molar-refractivity contribution < 1.29 is 13.6 Å². The molecule has 0 bridgehead atoms. The summed E-state index contributed by atoms with van der Waals surface area (Å²) in [6.45, 7) is 2.39. The first-order valence-corrected chi connectivity index (χ1v) is 5.90. The first-order chi connectivity index (χ1) is 8.09. The van der Waals surface area contributed by atoms with Crippen molar-refractivity contribution in [3.63, 3.8) is 0 Å². The average molecular weight is 298 g/mol. The Kier molecular flexibility index (Phi) is 3.38. The summed E-state index contributed by atoms with van der Waals surface area (Å²) in [6, 6.07) is 3.51. The van der Waals surface area contributed by atoms with Crippen molar-refractivity contribution in [1.82, 2.24) is 4.90 Å². The Hall–Kier alpha value is -1.49. The van der Waals surface area contributed by atoms with E-state index < -0.39 is 0 Å². The number of carbonyl (C=O) groups excluding carboxylic acids is 1. The summed E-state index contributed by atoms with van der Waals surface area (Å²) < 4.78 is 10.7. The number of hydrogen-bond acceptors (Lipinski definition) is 3. The van der Waals surface area contributed by atoms with E-state index in [1.165, 1.54) is 6.26 Å². The number of hydrogen-bond donors (Lipinski definition) is 0. The number of halogens is 1. The van der Waals surface area contributed by atoms with E-state index in [0.29, 0.717) is 16.8 Å². The quantitative estimate of drug-likeness (QED) is 0.874. The van der Waals surface area contributed by atoms with Crippen molar-refractivity contribution in [1.29, 1.82) is 0 Å². The third-order valence-corrected chi connectivity index (χ3v) is 3.18. The molecule has 0 saturated carbocycles. The van der Waals surface area contributed by atoms with Crippen LogP contribution in [-0.4, -0.2) is 17.9 Å². The lowest BCUT2D eigenvalue weighted by atomic mass is 10.2. The zero-order chi connectivity index (χ0) is 12.4. The van der Waals surface area contributed by atoms with Crippen LogP contribution in [0.2, 0.25) is 0 Å². The largest absolute Gasteiger partial charge is 0.469 e. The van der Waals surface area contributed by atoms with Gasteiger partial charge in [-0.25, -0.2) is 0 Å². The van der Waals surface area contributed by atoms with Crippen molar-refractivity contribution in [2.45, 2.75) is 13.5 Å². The van der Waals surface area contributed by atoms with Crippen LogP contribution < -0.4 is 0 Å². The van der Waals surface area contributed by atoms with E-state index in [-0.39, 0.29) is 5.91 Å². The molecule has 4 nitrogen and oxygen atoms in total. The molecule has 0 fully saturated rings. The van der Waals surface area contributed by atoms with E-state index in [1.54, 1.807) is 24.3 Å². The van der Waals surface area contributed by atoms with Gasteiger partial charge < -0.3 is 13.7 Å². The van der Waals surface area contributed by atoms with Crippen molar-refractivity contribution in [2.24, 2.45) is 0 Å². The Morgan fingerprint density at radius 3 is 2.59 bits per heavy atom. The second-order valence-corrected chi connectivity index (χ2v) is 4.49. The van der Waals surface area contributed by atoms with Crippen molar-refractivity contribution >= 4 is 21.8 Å². The summed E-state index contributed by atoms with van der Waals surface area (Å²) in [6.07, 6.45) is 3.10. The topological polar surface area (TPSA) is 46.6 Å². The fourth-order valence-corrected chi connectivity index (χ4v) is 1.96. The summed E-state index contributed by atoms with van der Waals surface area (Å²) in [4.78, 5) is 13.7. The zero-order valence-electron chi connectivity index (χ0n) is 9.57. The van der Waals surface area contributed by atoms with Crippen LogP contribution in [0.3, 0.4) is 0 Å². The summed E-state index contributed by atoms with van der Waals surface area (Å²) in [5.74, 6) is 0.738. The lowest BCUT2D eigenvalue weighted by Crippen LogP contribution is -2.26. The lowest BCUT2D eigenvalue weighted by Gasteiger charge is -2.15. The highest BCUT2D eigenvalue weighted by atomic mass is 79.9. The van der Waals surface area contributed by atoms with Gasteiger partial charge in [0, 0.05) is 19.2 Å². The van der Waals surface area contributed by atoms with E-state index in [1.807, 2.05) is 13.0 Å². The Morgan fingerprint density at radius 2 is 2.06 bits per heavy atom. The summed E-state index contributed by atoms with van der Waals surface area (Å²) in [5, 5.41) is 0. The van der Waals surface area contributed by atoms with Crippen LogP contribution in [0.5, 0.6) is 0 Å². The number of amides is 1. The molecular formula is C12H12BrNO3. The van der Waals surface area contributed by atoms with Crippen LogP contribution in [0, 0.1) is 6.92 Å². The molecule has 0 saturated heterocycles. The molecule has 17 heavy (non-hydrogen) atoms. The lowest BCUT2D eigenvalue weighted by molar-refractivity contribution is 0.0782. The number of carbonyl (C=O) groups is 1. The van der Waals surface area contributed by atoms with E-state index >= 15 is 0 Å². The molecule has 0 unspecified atom stereocenters. The van der Waals surface area contributed by atoms with Crippen molar-refractivity contribution in [2.75, 3.05) is 7.05 Å². The van der Waals surface area contributed by atoms with Crippen LogP contribution in [-0.2, 0) is 6.54 Å². The maximum absolute atomic E-state index is 12.1. The second-order valence-electron chi connectivity index (χ2n) is 3.77. The highest BCUT2D eigenvalue weighted by Gasteiger charge is 2.18. The van der Waals surface area contributed by atoms with Crippen LogP contribution in [0.25, 0.3) is 0 Å². The van der Waals surface area contributed by atoms with Gasteiger partial charge in [-0.2, -0.15) is 0 Å². The average Bonchev–Trinajstić information content (AvgIpc) is 2.88. The molecule has 0 atom stereocenters. The molecule has 0 aliphatic carbocycles. The van der Waals surface area contributed by atoms with Gasteiger partial charge in [0.05, 0.1) is 18.1 Å². The van der Waals surface area contributed by atoms with E-state index in [0.717, 1.165) is 11.3 Å². The summed E-state index contributed by atoms with van der Waals surface area (Å²) in [7, 11) is 1.74. The first kappa shape index (κ1) is 12.0. The Bertz CT molecular complexity index is 529. The van der Waals surface area contributed by atoms with Gasteiger partial charge in [-0.1, -0.05) is 0 Å². The molecule has 0 aliphatic rings. The highest BCUT2D eigenvalue weighted by Crippen LogP contribution is 2.20. The standard InChI is InChI=1S/C12H12BrNO3/c1-8-9(3-5-16-8)7-14(2)12(15)10-4-6-17-11(10)13/h3-6H,7H2,1-2H3. The minimum atomic E-state index is -0.0915. The van der Waals surface area contributed by atoms with Gasteiger partial charge in [0.1, 0.15) is 5.76 Å². The van der Waals surface area contributed by atoms with E-state index in [2.05, 4.69) is 15.9 Å². The summed E-state index contributed by atoms with van der Waals surface area (Å²) in [5.41, 5.74) is 1.52. The second kappa shape index (κ2) is 4.79. The number of aryl methyl sites for hydroxylation is 1. The molecule has 90 valence electrons. The van der Waals surface area contributed by atoms with Gasteiger partial charge in [-0.3, -0.25) is 4.79 Å². The van der Waals surface area contributed by atoms with Crippen molar-refractivity contribution in [3.05, 3.63) is 46.2 Å². The fraction of sp³-hybridized carbons (Fsp3) is 0.250. The fourth-order valence-electron chi connectivity index (χ4n) is 1.55. The number of rotatable bonds is 3. The molecule has 2 heterocycles. The van der Waals surface area contributed by atoms with Gasteiger partial charge >= 0.3 is 0 Å². The molecule has 0 aliphatic heterocycles. The Labute approximate surface area is 107 Å². The first-order valence-electron chi connectivity index (χ1n) is 5.11. The SMILES string of the molecule is Cc1occc1CN(C)C(=O)c1ccoc1Br. The smallest absolute Gasteiger partial charge is 0.258 e. The van der Waals surface area contributed by atoms with Gasteiger partial charge in [0.25, 0.3) is 5.91 Å². The van der Waals surface area contributed by atoms with Crippen LogP contribution in [0.15, 0.2) is 38.2 Å². The molecule has 0 spiro atoms. The predicted molar refractivity (Wildman–Crippen MR) is 65.7 cm³/mol. The predicted octanol–water partition coefficient (Wildman–Crippen LogP) is 3.22. The third kappa shape index (κ3) is 2.44. The van der Waals surface area contributed by atoms with Gasteiger partial charge in [-0.05, 0) is 35.0 Å². The summed E-state index contributed by atoms with van der Waals surface area (Å²) >= 11 is 3.19. The maximum atomic E-state index is 12.1. The van der Waals surface area contributed by atoms with Crippen LogP contribution in [0.1, 0.15) is 21.7 Å². The zero-order valence-corrected chi connectivity index (χ0v) is 11.2. The monoisotopic (exact) mass is 297 g/mol. The Balaban J connectivity index is 2.11. The van der Waals surface area contributed by atoms with Crippen LogP contribution in [0.4, 0.5) is 0 Å². The Morgan fingerprint density at radius 1 is 1.35 bits per heavy atom. The molecule has 5 heteroatoms. The van der Waals surface area contributed by atoms with Gasteiger partial charge in [0.2, 0.25) is 0 Å². The number of nitrogens with zero attached hydrogens (tertiary/aromatic N) is 1. The highest BCUT2D eigenvalue weighted by molar-refractivity contribution is 9.10. The minimum Gasteiger partial charge on any atom is -0.469 e. The molecular weight excluding hydrogens is 286 g/mol. The molecule has 2 aromatic rings. The molecule has 0 radical (unpaired) electrons.